The maximum absolute atomic E-state index is 12.3. The first-order valence-electron chi connectivity index (χ1n) is 14.1. The Morgan fingerprint density at radius 2 is 1.41 bits per heavy atom. The summed E-state index contributed by atoms with van der Waals surface area (Å²) < 4.78 is 30.9. The van der Waals surface area contributed by atoms with Crippen LogP contribution in [0.25, 0.3) is 0 Å². The third-order valence-electron chi connectivity index (χ3n) is 6.16. The molecule has 41 heavy (non-hydrogen) atoms. The molecule has 2 N–H and O–H groups in total. The molecular formula is C29H45NO11. The number of unbranched alkanes of at least 4 members (excludes halogenated alkanes) is 1. The van der Waals surface area contributed by atoms with E-state index in [1.807, 2.05) is 34.6 Å². The number of hydrogen-bond donors (Lipinski definition) is 2. The van der Waals surface area contributed by atoms with Gasteiger partial charge >= 0.3 is 24.4 Å². The molecule has 1 aromatic carbocycles. The van der Waals surface area contributed by atoms with Crippen LogP contribution in [0.1, 0.15) is 72.8 Å². The Balaban J connectivity index is 2.96. The van der Waals surface area contributed by atoms with Gasteiger partial charge in [0.2, 0.25) is 0 Å². The number of carbonyl (C=O) groups is 4. The van der Waals surface area contributed by atoms with Crippen molar-refractivity contribution in [1.82, 2.24) is 5.32 Å². The first kappa shape index (κ1) is 35.5. The van der Waals surface area contributed by atoms with E-state index in [0.717, 1.165) is 19.3 Å². The quantitative estimate of drug-likeness (QED) is 0.0937. The zero-order chi connectivity index (χ0) is 30.8. The molecule has 0 aliphatic carbocycles. The van der Waals surface area contributed by atoms with Crippen LogP contribution in [0, 0.1) is 11.8 Å². The van der Waals surface area contributed by atoms with E-state index >= 15 is 0 Å². The number of rotatable bonds is 18. The summed E-state index contributed by atoms with van der Waals surface area (Å²) in [4.78, 5) is 48.2. The van der Waals surface area contributed by atoms with Crippen LogP contribution < -0.4 is 14.8 Å². The summed E-state index contributed by atoms with van der Waals surface area (Å²) in [6.45, 7) is 11.9. The highest BCUT2D eigenvalue weighted by Crippen LogP contribution is 2.30. The van der Waals surface area contributed by atoms with E-state index in [-0.39, 0.29) is 56.1 Å². The normalized spacial score (nSPS) is 13.7. The molecule has 232 valence electrons. The predicted octanol–water partition coefficient (Wildman–Crippen LogP) is 5.74. The first-order valence-corrected chi connectivity index (χ1v) is 14.1. The molecule has 0 aromatic heterocycles. The summed E-state index contributed by atoms with van der Waals surface area (Å²) in [6.07, 6.45) is -0.271. The van der Waals surface area contributed by atoms with Gasteiger partial charge in [0.1, 0.15) is 12.1 Å². The van der Waals surface area contributed by atoms with Crippen LogP contribution in [0.15, 0.2) is 18.2 Å². The second-order valence-corrected chi connectivity index (χ2v) is 10.0. The Morgan fingerprint density at radius 1 is 0.829 bits per heavy atom. The first-order chi connectivity index (χ1) is 19.5. The Hall–Kier alpha value is -3.54. The number of nitrogens with one attached hydrogen (secondary N) is 1. The molecule has 1 rings (SSSR count). The number of benzene rings is 1. The summed E-state index contributed by atoms with van der Waals surface area (Å²) in [6, 6.07) is 3.24. The summed E-state index contributed by atoms with van der Waals surface area (Å²) in [5.41, 5.74) is 0.461. The highest BCUT2D eigenvalue weighted by Gasteiger charge is 2.23. The van der Waals surface area contributed by atoms with Crippen LogP contribution >= 0.6 is 0 Å². The van der Waals surface area contributed by atoms with Gasteiger partial charge in [-0.25, -0.2) is 14.4 Å². The third kappa shape index (κ3) is 15.1. The van der Waals surface area contributed by atoms with Gasteiger partial charge < -0.3 is 38.8 Å². The maximum atomic E-state index is 12.3. The summed E-state index contributed by atoms with van der Waals surface area (Å²) in [5.74, 6) is -1.12. The fourth-order valence-corrected chi connectivity index (χ4v) is 3.07. The van der Waals surface area contributed by atoms with E-state index in [1.165, 1.54) is 18.2 Å². The zero-order valence-electron chi connectivity index (χ0n) is 24.9. The molecule has 12 nitrogen and oxygen atoms in total. The number of hydrogen-bond acceptors (Lipinski definition) is 11. The van der Waals surface area contributed by atoms with Crippen molar-refractivity contribution in [2.45, 2.75) is 85.8 Å². The molecule has 3 unspecified atom stereocenters. The smallest absolute Gasteiger partial charge is 0.480 e. The van der Waals surface area contributed by atoms with Crippen LogP contribution in [0.4, 0.5) is 14.4 Å². The molecule has 0 heterocycles. The fraction of sp³-hybridized carbons (Fsp3) is 0.655. The van der Waals surface area contributed by atoms with E-state index in [4.69, 9.17) is 28.4 Å². The van der Waals surface area contributed by atoms with Crippen LogP contribution in [0.3, 0.4) is 0 Å². The monoisotopic (exact) mass is 583 g/mol. The topological polar surface area (TPSA) is 156 Å². The molecule has 0 saturated carbocycles. The molecule has 1 aromatic rings. The van der Waals surface area contributed by atoms with Gasteiger partial charge in [-0.05, 0) is 49.3 Å². The second-order valence-electron chi connectivity index (χ2n) is 10.0. The minimum absolute atomic E-state index is 0.0278. The Bertz CT molecular complexity index is 968. The van der Waals surface area contributed by atoms with Crippen LogP contribution in [0.5, 0.6) is 11.5 Å². The summed E-state index contributed by atoms with van der Waals surface area (Å²) in [7, 11) is 0. The molecule has 0 radical (unpaired) electrons. The number of aliphatic carboxylic acids is 1. The van der Waals surface area contributed by atoms with Crippen molar-refractivity contribution in [2.24, 2.45) is 11.8 Å². The average molecular weight is 584 g/mol. The molecule has 0 saturated heterocycles. The second kappa shape index (κ2) is 19.5. The Kier molecular flexibility index (Phi) is 16.9. The molecule has 12 heteroatoms. The van der Waals surface area contributed by atoms with Crippen molar-refractivity contribution in [3.63, 3.8) is 0 Å². The minimum Gasteiger partial charge on any atom is -0.480 e. The lowest BCUT2D eigenvalue weighted by Crippen LogP contribution is -2.42. The van der Waals surface area contributed by atoms with Gasteiger partial charge in [-0.1, -0.05) is 59.9 Å². The molecule has 0 aliphatic heterocycles. The van der Waals surface area contributed by atoms with Gasteiger partial charge in [0.05, 0.1) is 19.8 Å². The highest BCUT2D eigenvalue weighted by atomic mass is 16.7. The van der Waals surface area contributed by atoms with E-state index in [0.29, 0.717) is 12.0 Å². The minimum atomic E-state index is -1.15. The average Bonchev–Trinajstić information content (AvgIpc) is 2.93. The Morgan fingerprint density at radius 3 is 1.95 bits per heavy atom. The lowest BCUT2D eigenvalue weighted by atomic mass is 10.0. The number of carboxylic acids is 1. The predicted molar refractivity (Wildman–Crippen MR) is 149 cm³/mol. The van der Waals surface area contributed by atoms with Gasteiger partial charge in [-0.2, -0.15) is 0 Å². The van der Waals surface area contributed by atoms with E-state index in [1.54, 1.807) is 6.92 Å². The van der Waals surface area contributed by atoms with Crippen molar-refractivity contribution >= 4 is 24.4 Å². The van der Waals surface area contributed by atoms with Crippen LogP contribution in [0.2, 0.25) is 0 Å². The van der Waals surface area contributed by atoms with Crippen LogP contribution in [-0.2, 0) is 30.2 Å². The van der Waals surface area contributed by atoms with Gasteiger partial charge in [0.25, 0.3) is 0 Å². The molecule has 0 fully saturated rings. The number of carboxylic acid groups (broad SMARTS) is 1. The van der Waals surface area contributed by atoms with E-state index < -0.39 is 36.6 Å². The number of ether oxygens (including phenoxy) is 6. The molecule has 0 bridgehead atoms. The zero-order valence-corrected chi connectivity index (χ0v) is 24.9. The SMILES string of the molecule is CCCCOC(=O)OC(C)CN[C@@H](Cc1ccc(OC(=O)OCC(C)CC)c(OC(=O)OCC(C)CC)c1)C(=O)O. The van der Waals surface area contributed by atoms with Crippen molar-refractivity contribution in [1.29, 1.82) is 0 Å². The summed E-state index contributed by atoms with van der Waals surface area (Å²) >= 11 is 0. The van der Waals surface area contributed by atoms with E-state index in [9.17, 15) is 24.3 Å². The van der Waals surface area contributed by atoms with E-state index in [2.05, 4.69) is 5.32 Å². The maximum Gasteiger partial charge on any atom is 0.513 e. The summed E-state index contributed by atoms with van der Waals surface area (Å²) in [5, 5.41) is 12.6. The van der Waals surface area contributed by atoms with Gasteiger partial charge in [-0.15, -0.1) is 0 Å². The van der Waals surface area contributed by atoms with Crippen molar-refractivity contribution in [2.75, 3.05) is 26.4 Å². The number of carbonyl (C=O) groups excluding carboxylic acids is 3. The third-order valence-corrected chi connectivity index (χ3v) is 6.16. The van der Waals surface area contributed by atoms with Crippen molar-refractivity contribution in [3.05, 3.63) is 23.8 Å². The fourth-order valence-electron chi connectivity index (χ4n) is 3.07. The molecule has 4 atom stereocenters. The standard InChI is InChI=1S/C29H45NO11/c1-7-10-13-36-27(33)39-21(6)16-30-23(26(31)32)14-22-11-12-24(40-28(34)37-17-19(4)8-2)25(15-22)41-29(35)38-18-20(5)9-3/h11-12,15,19-21,23,30H,7-10,13-14,16-18H2,1-6H3,(H,31,32)/t19?,20?,21?,23-/m0/s1. The molecular weight excluding hydrogens is 538 g/mol. The van der Waals surface area contributed by atoms with Gasteiger partial charge in [0, 0.05) is 6.54 Å². The largest absolute Gasteiger partial charge is 0.513 e. The molecule has 0 amide bonds. The lowest BCUT2D eigenvalue weighted by molar-refractivity contribution is -0.139. The van der Waals surface area contributed by atoms with Gasteiger partial charge in [0.15, 0.2) is 11.5 Å². The van der Waals surface area contributed by atoms with Crippen LogP contribution in [-0.4, -0.2) is 68.1 Å². The molecule has 0 spiro atoms. The Labute approximate surface area is 241 Å². The highest BCUT2D eigenvalue weighted by molar-refractivity contribution is 5.74. The molecule has 0 aliphatic rings. The van der Waals surface area contributed by atoms with Gasteiger partial charge in [-0.3, -0.25) is 4.79 Å². The lowest BCUT2D eigenvalue weighted by Gasteiger charge is -2.19. The van der Waals surface area contributed by atoms with Crippen molar-refractivity contribution in [3.8, 4) is 11.5 Å². The van der Waals surface area contributed by atoms with Crippen molar-refractivity contribution < 1.29 is 52.7 Å².